The van der Waals surface area contributed by atoms with Crippen molar-refractivity contribution in [2.45, 2.75) is 23.3 Å². The van der Waals surface area contributed by atoms with E-state index in [1.54, 1.807) is 16.3 Å². The Hall–Kier alpha value is -3.15. The number of H-pyrrole nitrogens is 1. The maximum absolute atomic E-state index is 13.6. The molecule has 0 aliphatic carbocycles. The lowest BCUT2D eigenvalue weighted by Crippen LogP contribution is -2.23. The summed E-state index contributed by atoms with van der Waals surface area (Å²) in [7, 11) is 0. The van der Waals surface area contributed by atoms with Crippen molar-refractivity contribution in [3.8, 4) is 5.69 Å². The van der Waals surface area contributed by atoms with Crippen molar-refractivity contribution >= 4 is 67.8 Å². The Balaban J connectivity index is 1.50. The van der Waals surface area contributed by atoms with Crippen LogP contribution in [0.1, 0.15) is 12.5 Å². The maximum Gasteiger partial charge on any atom is 0.283 e. The first-order valence-corrected chi connectivity index (χ1v) is 13.3. The fraction of sp³-hybridized carbons (Fsp3) is 0.174. The summed E-state index contributed by atoms with van der Waals surface area (Å²) in [4.78, 5) is 34.2. The van der Waals surface area contributed by atoms with E-state index in [1.807, 2.05) is 62.4 Å². The average molecular weight is 509 g/mol. The standard InChI is InChI=1S/C23H20N6O2S3/c1-3-32-23-28-27-21(34-23)25-17(30)12-33-22-26-18-15-6-4-5-7-16(15)24-19(18)20(31)29(22)14-10-8-13(2)9-11-14/h4-11,24H,3,12H2,1-2H3,(H,25,27,30). The Labute approximate surface area is 207 Å². The molecule has 0 saturated heterocycles. The molecule has 0 aliphatic rings. The molecule has 0 atom stereocenters. The second-order valence-electron chi connectivity index (χ2n) is 7.41. The summed E-state index contributed by atoms with van der Waals surface area (Å²) in [5, 5.41) is 12.6. The molecule has 34 heavy (non-hydrogen) atoms. The molecule has 0 saturated carbocycles. The van der Waals surface area contributed by atoms with Crippen molar-refractivity contribution in [3.63, 3.8) is 0 Å². The van der Waals surface area contributed by atoms with Crippen molar-refractivity contribution in [1.29, 1.82) is 0 Å². The summed E-state index contributed by atoms with van der Waals surface area (Å²) in [5.41, 5.74) is 3.44. The zero-order valence-electron chi connectivity index (χ0n) is 18.4. The molecular formula is C23H20N6O2S3. The normalized spacial score (nSPS) is 11.4. The Bertz CT molecular complexity index is 1560. The molecule has 5 aromatic rings. The number of fused-ring (bicyclic) bond motifs is 3. The number of nitrogens with zero attached hydrogens (tertiary/aromatic N) is 4. The Morgan fingerprint density at radius 2 is 1.91 bits per heavy atom. The van der Waals surface area contributed by atoms with E-state index >= 15 is 0 Å². The molecule has 3 aromatic heterocycles. The van der Waals surface area contributed by atoms with Crippen molar-refractivity contribution in [3.05, 3.63) is 64.4 Å². The number of hydrogen-bond acceptors (Lipinski definition) is 8. The molecule has 0 aliphatic heterocycles. The number of aromatic nitrogens is 5. The van der Waals surface area contributed by atoms with Gasteiger partial charge < -0.3 is 4.98 Å². The number of nitrogens with one attached hydrogen (secondary N) is 2. The topological polar surface area (TPSA) is 106 Å². The van der Waals surface area contributed by atoms with Gasteiger partial charge in [0.05, 0.1) is 11.4 Å². The molecule has 0 bridgehead atoms. The highest BCUT2D eigenvalue weighted by atomic mass is 32.2. The highest BCUT2D eigenvalue weighted by Gasteiger charge is 2.18. The molecule has 0 radical (unpaired) electrons. The molecule has 8 nitrogen and oxygen atoms in total. The average Bonchev–Trinajstić information content (AvgIpc) is 3.43. The van der Waals surface area contributed by atoms with Crippen LogP contribution in [-0.4, -0.2) is 42.1 Å². The monoisotopic (exact) mass is 508 g/mol. The fourth-order valence-corrected chi connectivity index (χ4v) is 5.96. The van der Waals surface area contributed by atoms with Gasteiger partial charge in [0, 0.05) is 10.9 Å². The van der Waals surface area contributed by atoms with Crippen molar-refractivity contribution in [2.24, 2.45) is 0 Å². The Kier molecular flexibility index (Phi) is 6.40. The molecule has 5 rings (SSSR count). The lowest BCUT2D eigenvalue weighted by atomic mass is 10.2. The minimum atomic E-state index is -0.238. The molecule has 3 heterocycles. The van der Waals surface area contributed by atoms with Crippen LogP contribution >= 0.6 is 34.9 Å². The molecule has 172 valence electrons. The smallest absolute Gasteiger partial charge is 0.283 e. The van der Waals surface area contributed by atoms with Gasteiger partial charge in [-0.2, -0.15) is 0 Å². The number of carbonyl (C=O) groups excluding carboxylic acids is 1. The highest BCUT2D eigenvalue weighted by Crippen LogP contribution is 2.28. The number of rotatable bonds is 7. The van der Waals surface area contributed by atoms with Crippen LogP contribution in [0, 0.1) is 6.92 Å². The lowest BCUT2D eigenvalue weighted by molar-refractivity contribution is -0.113. The van der Waals surface area contributed by atoms with Gasteiger partial charge in [0.1, 0.15) is 11.0 Å². The van der Waals surface area contributed by atoms with Crippen LogP contribution in [0.4, 0.5) is 5.13 Å². The zero-order chi connectivity index (χ0) is 23.7. The van der Waals surface area contributed by atoms with E-state index < -0.39 is 0 Å². The number of anilines is 1. The number of para-hydroxylation sites is 1. The van der Waals surface area contributed by atoms with Crippen LogP contribution in [-0.2, 0) is 4.79 Å². The second kappa shape index (κ2) is 9.61. The van der Waals surface area contributed by atoms with E-state index in [0.717, 1.165) is 26.6 Å². The molecule has 0 fully saturated rings. The Morgan fingerprint density at radius 1 is 1.12 bits per heavy atom. The van der Waals surface area contributed by atoms with Gasteiger partial charge in [-0.3, -0.25) is 19.5 Å². The van der Waals surface area contributed by atoms with E-state index in [2.05, 4.69) is 20.5 Å². The first-order chi connectivity index (χ1) is 16.5. The van der Waals surface area contributed by atoms with Crippen LogP contribution in [0.2, 0.25) is 0 Å². The molecule has 0 spiro atoms. The fourth-order valence-electron chi connectivity index (χ4n) is 3.49. The van der Waals surface area contributed by atoms with Crippen LogP contribution in [0.5, 0.6) is 0 Å². The van der Waals surface area contributed by atoms with Crippen LogP contribution in [0.25, 0.3) is 27.6 Å². The molecule has 0 unspecified atom stereocenters. The molecule has 11 heteroatoms. The number of aryl methyl sites for hydroxylation is 1. The van der Waals surface area contributed by atoms with E-state index in [-0.39, 0.29) is 17.2 Å². The van der Waals surface area contributed by atoms with Gasteiger partial charge in [-0.1, -0.05) is 77.7 Å². The second-order valence-corrected chi connectivity index (χ2v) is 10.8. The maximum atomic E-state index is 13.6. The minimum absolute atomic E-state index is 0.0714. The first-order valence-electron chi connectivity index (χ1n) is 10.5. The summed E-state index contributed by atoms with van der Waals surface area (Å²) in [6, 6.07) is 15.3. The molecule has 1 amide bonds. The van der Waals surface area contributed by atoms with Crippen LogP contribution in [0.15, 0.2) is 62.8 Å². The minimum Gasteiger partial charge on any atom is -0.349 e. The van der Waals surface area contributed by atoms with E-state index in [0.29, 0.717) is 27.0 Å². The number of hydrogen-bond donors (Lipinski definition) is 2. The zero-order valence-corrected chi connectivity index (χ0v) is 20.8. The molecular weight excluding hydrogens is 488 g/mol. The number of aromatic amines is 1. The number of thioether (sulfide) groups is 2. The molecule has 2 N–H and O–H groups in total. The SMILES string of the molecule is CCSc1nnc(NC(=O)CSc2nc3c([nH]c4ccccc43)c(=O)n2-c2ccc(C)cc2)s1. The summed E-state index contributed by atoms with van der Waals surface area (Å²) in [6.45, 7) is 4.02. The van der Waals surface area contributed by atoms with Gasteiger partial charge in [-0.05, 0) is 30.9 Å². The third-order valence-electron chi connectivity index (χ3n) is 5.04. The van der Waals surface area contributed by atoms with Gasteiger partial charge in [0.25, 0.3) is 5.56 Å². The van der Waals surface area contributed by atoms with Crippen LogP contribution < -0.4 is 10.9 Å². The largest absolute Gasteiger partial charge is 0.349 e. The predicted molar refractivity (Wildman–Crippen MR) is 140 cm³/mol. The predicted octanol–water partition coefficient (Wildman–Crippen LogP) is 4.87. The first kappa shape index (κ1) is 22.6. The van der Waals surface area contributed by atoms with Gasteiger partial charge in [0.2, 0.25) is 11.0 Å². The summed E-state index contributed by atoms with van der Waals surface area (Å²) >= 11 is 4.12. The summed E-state index contributed by atoms with van der Waals surface area (Å²) in [5.74, 6) is 0.719. The summed E-state index contributed by atoms with van der Waals surface area (Å²) in [6.07, 6.45) is 0. The lowest BCUT2D eigenvalue weighted by Gasteiger charge is -2.12. The van der Waals surface area contributed by atoms with Crippen molar-refractivity contribution in [1.82, 2.24) is 24.7 Å². The van der Waals surface area contributed by atoms with E-state index in [1.165, 1.54) is 23.1 Å². The number of carbonyl (C=O) groups is 1. The number of benzene rings is 2. The number of amides is 1. The molecule has 2 aromatic carbocycles. The van der Waals surface area contributed by atoms with Gasteiger partial charge in [0.15, 0.2) is 9.50 Å². The highest BCUT2D eigenvalue weighted by molar-refractivity contribution is 8.01. The third-order valence-corrected chi connectivity index (χ3v) is 7.83. The van der Waals surface area contributed by atoms with Crippen molar-refractivity contribution in [2.75, 3.05) is 16.8 Å². The van der Waals surface area contributed by atoms with Crippen LogP contribution in [0.3, 0.4) is 0 Å². The Morgan fingerprint density at radius 3 is 2.71 bits per heavy atom. The quantitative estimate of drug-likeness (QED) is 0.184. The summed E-state index contributed by atoms with van der Waals surface area (Å²) < 4.78 is 2.36. The van der Waals surface area contributed by atoms with Gasteiger partial charge in [-0.25, -0.2) is 4.98 Å². The van der Waals surface area contributed by atoms with E-state index in [4.69, 9.17) is 4.98 Å². The third kappa shape index (κ3) is 4.46. The van der Waals surface area contributed by atoms with Gasteiger partial charge >= 0.3 is 0 Å². The van der Waals surface area contributed by atoms with Gasteiger partial charge in [-0.15, -0.1) is 10.2 Å². The van der Waals surface area contributed by atoms with E-state index in [9.17, 15) is 9.59 Å². The van der Waals surface area contributed by atoms with Crippen molar-refractivity contribution < 1.29 is 4.79 Å².